The molecule has 3 heterocycles. The van der Waals surface area contributed by atoms with Crippen molar-refractivity contribution in [2.45, 2.75) is 45.1 Å². The van der Waals surface area contributed by atoms with Crippen molar-refractivity contribution in [2.24, 2.45) is 7.05 Å². The van der Waals surface area contributed by atoms with Gasteiger partial charge in [-0.1, -0.05) is 31.5 Å². The molecular formula is C24H26ClN7O. The van der Waals surface area contributed by atoms with Crippen molar-refractivity contribution in [1.29, 1.82) is 0 Å². The summed E-state index contributed by atoms with van der Waals surface area (Å²) in [5, 5.41) is 4.20. The van der Waals surface area contributed by atoms with Gasteiger partial charge < -0.3 is 14.5 Å². The monoisotopic (exact) mass is 463 g/mol. The van der Waals surface area contributed by atoms with E-state index in [4.69, 9.17) is 11.6 Å². The summed E-state index contributed by atoms with van der Waals surface area (Å²) in [4.78, 5) is 26.5. The van der Waals surface area contributed by atoms with E-state index in [1.54, 1.807) is 34.8 Å². The van der Waals surface area contributed by atoms with Crippen LogP contribution in [0.3, 0.4) is 0 Å². The van der Waals surface area contributed by atoms with Crippen LogP contribution in [0.25, 0.3) is 11.5 Å². The Labute approximate surface area is 196 Å². The van der Waals surface area contributed by atoms with Crippen LogP contribution < -0.4 is 11.0 Å². The number of nitrogens with zero attached hydrogens (tertiary/aromatic N) is 6. The first kappa shape index (κ1) is 21.5. The zero-order chi connectivity index (χ0) is 23.3. The van der Waals surface area contributed by atoms with E-state index < -0.39 is 0 Å². The minimum absolute atomic E-state index is 0.125. The van der Waals surface area contributed by atoms with Crippen LogP contribution in [0.5, 0.6) is 0 Å². The molecule has 4 aromatic rings. The van der Waals surface area contributed by atoms with Gasteiger partial charge in [0.05, 0.1) is 17.6 Å². The van der Waals surface area contributed by atoms with E-state index >= 15 is 0 Å². The maximum atomic E-state index is 12.7. The van der Waals surface area contributed by atoms with E-state index in [0.717, 1.165) is 40.5 Å². The first-order chi connectivity index (χ1) is 15.8. The van der Waals surface area contributed by atoms with Crippen LogP contribution in [0, 0.1) is 6.92 Å². The number of nitrogens with one attached hydrogen (secondary N) is 1. The molecule has 1 aliphatic carbocycles. The Hall–Kier alpha value is -3.39. The van der Waals surface area contributed by atoms with Crippen LogP contribution in [-0.4, -0.2) is 28.7 Å². The Morgan fingerprint density at radius 3 is 2.64 bits per heavy atom. The zero-order valence-corrected chi connectivity index (χ0v) is 19.8. The topological polar surface area (TPSA) is 82.6 Å². The van der Waals surface area contributed by atoms with Gasteiger partial charge in [0.1, 0.15) is 5.82 Å². The standard InChI is InChI=1S/C24H26ClN7O/c1-15(2)19-12-30(4)23(33)32(19)21-7-10-26-22(28-21)29-24(8-9-24)20-13-31(14-27-20)17-6-5-16(3)18(25)11-17/h5-7,10-15H,8-9H2,1-4H3,(H,26,28,29). The molecule has 3 aromatic heterocycles. The van der Waals surface area contributed by atoms with Crippen molar-refractivity contribution >= 4 is 17.5 Å². The molecule has 1 aromatic carbocycles. The van der Waals surface area contributed by atoms with Crippen molar-refractivity contribution in [3.63, 3.8) is 0 Å². The first-order valence-corrected chi connectivity index (χ1v) is 11.4. The SMILES string of the molecule is Cc1ccc(-n2cnc(C3(Nc4nccc(-n5c(C(C)C)cn(C)c5=O)n4)CC3)c2)cc1Cl. The molecule has 1 saturated carbocycles. The summed E-state index contributed by atoms with van der Waals surface area (Å²) in [6.45, 7) is 6.10. The van der Waals surface area contributed by atoms with E-state index in [1.165, 1.54) is 0 Å². The van der Waals surface area contributed by atoms with Crippen molar-refractivity contribution in [2.75, 3.05) is 5.32 Å². The molecule has 8 nitrogen and oxygen atoms in total. The van der Waals surface area contributed by atoms with Gasteiger partial charge >= 0.3 is 5.69 Å². The van der Waals surface area contributed by atoms with Crippen molar-refractivity contribution in [1.82, 2.24) is 28.7 Å². The molecule has 1 fully saturated rings. The van der Waals surface area contributed by atoms with Crippen LogP contribution in [0.2, 0.25) is 5.02 Å². The Morgan fingerprint density at radius 2 is 1.94 bits per heavy atom. The van der Waals surface area contributed by atoms with E-state index in [9.17, 15) is 4.79 Å². The molecular weight excluding hydrogens is 438 g/mol. The van der Waals surface area contributed by atoms with Crippen molar-refractivity contribution in [3.05, 3.63) is 81.6 Å². The van der Waals surface area contributed by atoms with E-state index in [-0.39, 0.29) is 17.1 Å². The zero-order valence-electron chi connectivity index (χ0n) is 19.1. The lowest BCUT2D eigenvalue weighted by Crippen LogP contribution is -2.25. The third-order valence-electron chi connectivity index (χ3n) is 6.17. The second-order valence-corrected chi connectivity index (χ2v) is 9.39. The number of rotatable bonds is 6. The molecule has 0 amide bonds. The summed E-state index contributed by atoms with van der Waals surface area (Å²) in [5.41, 5.74) is 3.39. The summed E-state index contributed by atoms with van der Waals surface area (Å²) in [6.07, 6.45) is 9.20. The highest BCUT2D eigenvalue weighted by Crippen LogP contribution is 2.47. The number of hydrogen-bond donors (Lipinski definition) is 1. The second-order valence-electron chi connectivity index (χ2n) is 8.98. The Morgan fingerprint density at radius 1 is 1.15 bits per heavy atom. The minimum Gasteiger partial charge on any atom is -0.343 e. The van der Waals surface area contributed by atoms with Crippen LogP contribution in [-0.2, 0) is 12.6 Å². The van der Waals surface area contributed by atoms with Crippen LogP contribution in [0.4, 0.5) is 5.95 Å². The van der Waals surface area contributed by atoms with E-state index in [1.807, 2.05) is 42.1 Å². The maximum absolute atomic E-state index is 12.7. The summed E-state index contributed by atoms with van der Waals surface area (Å²) in [5.74, 6) is 1.21. The van der Waals surface area contributed by atoms with Crippen LogP contribution in [0.15, 0.2) is 54.0 Å². The fraction of sp³-hybridized carbons (Fsp3) is 0.333. The predicted molar refractivity (Wildman–Crippen MR) is 129 cm³/mol. The largest absolute Gasteiger partial charge is 0.343 e. The van der Waals surface area contributed by atoms with Gasteiger partial charge in [-0.25, -0.2) is 19.3 Å². The molecule has 0 unspecified atom stereocenters. The third kappa shape index (κ3) is 3.84. The Bertz CT molecular complexity index is 1390. The van der Waals surface area contributed by atoms with E-state index in [2.05, 4.69) is 34.1 Å². The smallest absolute Gasteiger partial charge is 0.333 e. The summed E-state index contributed by atoms with van der Waals surface area (Å²) >= 11 is 6.30. The van der Waals surface area contributed by atoms with Crippen LogP contribution >= 0.6 is 11.6 Å². The fourth-order valence-electron chi connectivity index (χ4n) is 3.99. The maximum Gasteiger partial charge on any atom is 0.333 e. The van der Waals surface area contributed by atoms with Crippen molar-refractivity contribution < 1.29 is 0 Å². The van der Waals surface area contributed by atoms with Crippen LogP contribution in [0.1, 0.15) is 49.6 Å². The number of benzene rings is 1. The molecule has 9 heteroatoms. The number of hydrogen-bond acceptors (Lipinski definition) is 5. The first-order valence-electron chi connectivity index (χ1n) is 11.0. The molecule has 0 radical (unpaired) electrons. The van der Waals surface area contributed by atoms with Gasteiger partial charge in [0.2, 0.25) is 5.95 Å². The highest BCUT2D eigenvalue weighted by Gasteiger charge is 2.47. The normalized spacial score (nSPS) is 14.6. The Kier molecular flexibility index (Phi) is 5.12. The lowest BCUT2D eigenvalue weighted by Gasteiger charge is -2.16. The third-order valence-corrected chi connectivity index (χ3v) is 6.57. The second kappa shape index (κ2) is 7.88. The quantitative estimate of drug-likeness (QED) is 0.460. The summed E-state index contributed by atoms with van der Waals surface area (Å²) in [7, 11) is 1.75. The Balaban J connectivity index is 1.44. The lowest BCUT2D eigenvalue weighted by molar-refractivity contribution is 0.740. The number of anilines is 1. The number of aryl methyl sites for hydroxylation is 2. The van der Waals surface area contributed by atoms with Gasteiger partial charge in [0.25, 0.3) is 0 Å². The molecule has 0 bridgehead atoms. The molecule has 0 atom stereocenters. The number of imidazole rings is 2. The molecule has 0 spiro atoms. The summed E-state index contributed by atoms with van der Waals surface area (Å²) in [6, 6.07) is 7.72. The van der Waals surface area contributed by atoms with Gasteiger partial charge in [-0.3, -0.25) is 0 Å². The van der Waals surface area contributed by atoms with Gasteiger partial charge in [-0.15, -0.1) is 0 Å². The number of aromatic nitrogens is 6. The van der Waals surface area contributed by atoms with Gasteiger partial charge in [-0.05, 0) is 43.4 Å². The highest BCUT2D eigenvalue weighted by atomic mass is 35.5. The fourth-order valence-corrected chi connectivity index (χ4v) is 4.16. The molecule has 170 valence electrons. The molecule has 0 aliphatic heterocycles. The average Bonchev–Trinajstić information content (AvgIpc) is 3.25. The van der Waals surface area contributed by atoms with Crippen molar-refractivity contribution in [3.8, 4) is 11.5 Å². The molecule has 1 aliphatic rings. The highest BCUT2D eigenvalue weighted by molar-refractivity contribution is 6.31. The van der Waals surface area contributed by atoms with Gasteiger partial charge in [0.15, 0.2) is 0 Å². The van der Waals surface area contributed by atoms with Gasteiger partial charge in [0, 0.05) is 48.1 Å². The predicted octanol–water partition coefficient (Wildman–Crippen LogP) is 4.34. The average molecular weight is 464 g/mol. The molecule has 1 N–H and O–H groups in total. The van der Waals surface area contributed by atoms with E-state index in [0.29, 0.717) is 11.8 Å². The molecule has 0 saturated heterocycles. The van der Waals surface area contributed by atoms with Gasteiger partial charge in [-0.2, -0.15) is 4.98 Å². The molecule has 33 heavy (non-hydrogen) atoms. The summed E-state index contributed by atoms with van der Waals surface area (Å²) < 4.78 is 5.20. The minimum atomic E-state index is -0.319. The number of halogens is 1. The lowest BCUT2D eigenvalue weighted by atomic mass is 10.1. The molecule has 5 rings (SSSR count).